The van der Waals surface area contributed by atoms with E-state index in [1.165, 1.54) is 26.2 Å². The van der Waals surface area contributed by atoms with Gasteiger partial charge in [0.2, 0.25) is 11.8 Å². The number of piperidine rings is 1. The van der Waals surface area contributed by atoms with Gasteiger partial charge in [-0.1, -0.05) is 23.7 Å². The van der Waals surface area contributed by atoms with Crippen molar-refractivity contribution >= 4 is 58.6 Å². The molecular formula is C32H32ClN5O7. The van der Waals surface area contributed by atoms with E-state index in [0.717, 1.165) is 5.56 Å². The monoisotopic (exact) mass is 633 g/mol. The Balaban J connectivity index is 1.40. The molecule has 1 fully saturated rings. The van der Waals surface area contributed by atoms with Crippen LogP contribution >= 0.6 is 11.6 Å². The van der Waals surface area contributed by atoms with Crippen molar-refractivity contribution in [3.63, 3.8) is 0 Å². The van der Waals surface area contributed by atoms with Crippen LogP contribution in [0.1, 0.15) is 41.3 Å². The van der Waals surface area contributed by atoms with Crippen molar-refractivity contribution in [2.45, 2.75) is 37.8 Å². The predicted octanol–water partition coefficient (Wildman–Crippen LogP) is 4.90. The van der Waals surface area contributed by atoms with Gasteiger partial charge in [-0.2, -0.15) is 0 Å². The van der Waals surface area contributed by atoms with E-state index in [1.54, 1.807) is 59.5 Å². The van der Waals surface area contributed by atoms with E-state index < -0.39 is 29.7 Å². The van der Waals surface area contributed by atoms with Crippen LogP contribution < -0.4 is 21.3 Å². The van der Waals surface area contributed by atoms with Gasteiger partial charge in [-0.15, -0.1) is 0 Å². The molecule has 2 aliphatic rings. The second kappa shape index (κ2) is 13.3. The van der Waals surface area contributed by atoms with Crippen LogP contribution in [0.2, 0.25) is 5.02 Å². The third-order valence-corrected chi connectivity index (χ3v) is 7.90. The minimum Gasteiger partial charge on any atom is -0.453 e. The summed E-state index contributed by atoms with van der Waals surface area (Å²) < 4.78 is 10.4. The molecular weight excluding hydrogens is 602 g/mol. The molecule has 45 heavy (non-hydrogen) atoms. The number of hydrogen-bond acceptors (Lipinski definition) is 7. The lowest BCUT2D eigenvalue weighted by atomic mass is 9.83. The van der Waals surface area contributed by atoms with Crippen molar-refractivity contribution in [3.05, 3.63) is 88.4 Å². The summed E-state index contributed by atoms with van der Waals surface area (Å²) in [5.41, 5.74) is 2.20. The topological polar surface area (TPSA) is 155 Å². The van der Waals surface area contributed by atoms with Gasteiger partial charge in [0, 0.05) is 47.4 Å². The number of hydrogen-bond donors (Lipinski definition) is 4. The second-order valence-electron chi connectivity index (χ2n) is 10.9. The zero-order chi connectivity index (χ0) is 32.1. The van der Waals surface area contributed by atoms with Gasteiger partial charge < -0.3 is 25.0 Å². The average Bonchev–Trinajstić information content (AvgIpc) is 3.01. The Bertz CT molecular complexity index is 1630. The van der Waals surface area contributed by atoms with Gasteiger partial charge in [0.25, 0.3) is 5.91 Å². The van der Waals surface area contributed by atoms with Crippen LogP contribution in [0.3, 0.4) is 0 Å². The number of anilines is 3. The maximum atomic E-state index is 14.2. The van der Waals surface area contributed by atoms with Crippen molar-refractivity contribution in [1.82, 2.24) is 10.2 Å². The van der Waals surface area contributed by atoms with Gasteiger partial charge in [0.05, 0.1) is 19.3 Å². The molecule has 2 atom stereocenters. The maximum absolute atomic E-state index is 14.2. The molecule has 1 saturated heterocycles. The van der Waals surface area contributed by atoms with E-state index in [4.69, 9.17) is 16.3 Å². The Morgan fingerprint density at radius 2 is 1.71 bits per heavy atom. The minimum absolute atomic E-state index is 0.0777. The molecule has 234 valence electrons. The molecule has 1 spiro atoms. The first-order valence-electron chi connectivity index (χ1n) is 14.3. The highest BCUT2D eigenvalue weighted by atomic mass is 35.5. The van der Waals surface area contributed by atoms with Crippen LogP contribution in [-0.4, -0.2) is 61.0 Å². The predicted molar refractivity (Wildman–Crippen MR) is 167 cm³/mol. The molecule has 2 heterocycles. The van der Waals surface area contributed by atoms with Crippen LogP contribution in [0, 0.1) is 0 Å². The molecule has 3 aromatic rings. The minimum atomic E-state index is -1.10. The lowest BCUT2D eigenvalue weighted by Crippen LogP contribution is -2.57. The van der Waals surface area contributed by atoms with Crippen LogP contribution in [-0.2, 0) is 31.1 Å². The van der Waals surface area contributed by atoms with Gasteiger partial charge in [0.1, 0.15) is 6.04 Å². The zero-order valence-corrected chi connectivity index (χ0v) is 25.4. The number of nitrogens with zero attached hydrogens (tertiary/aromatic N) is 1. The fraction of sp³-hybridized carbons (Fsp3) is 0.281. The summed E-state index contributed by atoms with van der Waals surface area (Å²) in [6.07, 6.45) is -0.0730. The second-order valence-corrected chi connectivity index (χ2v) is 11.3. The largest absolute Gasteiger partial charge is 0.453 e. The van der Waals surface area contributed by atoms with Crippen molar-refractivity contribution < 1.29 is 33.4 Å². The third kappa shape index (κ3) is 7.35. The lowest BCUT2D eigenvalue weighted by Gasteiger charge is -2.45. The number of nitrogens with one attached hydrogen (secondary N) is 4. The number of carbonyl (C=O) groups is 5. The summed E-state index contributed by atoms with van der Waals surface area (Å²) in [6, 6.07) is 17.3. The number of ether oxygens (including phenoxy) is 2. The molecule has 3 aromatic carbocycles. The van der Waals surface area contributed by atoms with Crippen LogP contribution in [0.15, 0.2) is 66.7 Å². The molecule has 0 unspecified atom stereocenters. The molecule has 5 amide bonds. The van der Waals surface area contributed by atoms with E-state index >= 15 is 0 Å². The standard InChI is InChI=1S/C32H32ClN5O7/c1-19(39)34-23-9-4-20(5-10-23)16-27(36-28(40)21-6-11-24(12-7-21)35-30(42)44-2)29(41)38-15-3-14-32(18-38)25-17-22(33)8-13-26(25)37-31(43)45-32/h4-13,17,27H,3,14-16,18H2,1-2H3,(H,34,39)(H,35,42)(H,36,40)(H,37,43)/t27-,32-/m0/s1. The maximum Gasteiger partial charge on any atom is 0.412 e. The first kappa shape index (κ1) is 31.3. The Morgan fingerprint density at radius 1 is 1.02 bits per heavy atom. The molecule has 2 aliphatic heterocycles. The summed E-state index contributed by atoms with van der Waals surface area (Å²) in [5, 5.41) is 11.3. The van der Waals surface area contributed by atoms with Crippen LogP contribution in [0.25, 0.3) is 0 Å². The molecule has 5 rings (SSSR count). The van der Waals surface area contributed by atoms with Crippen LogP contribution in [0.5, 0.6) is 0 Å². The molecule has 4 N–H and O–H groups in total. The highest BCUT2D eigenvalue weighted by molar-refractivity contribution is 6.30. The lowest BCUT2D eigenvalue weighted by molar-refractivity contribution is -0.141. The number of rotatable bonds is 7. The van der Waals surface area contributed by atoms with Crippen molar-refractivity contribution in [2.24, 2.45) is 0 Å². The van der Waals surface area contributed by atoms with E-state index in [2.05, 4.69) is 26.0 Å². The fourth-order valence-corrected chi connectivity index (χ4v) is 5.75. The number of methoxy groups -OCH3 is 1. The first-order valence-corrected chi connectivity index (χ1v) is 14.6. The highest BCUT2D eigenvalue weighted by Gasteiger charge is 2.47. The summed E-state index contributed by atoms with van der Waals surface area (Å²) in [4.78, 5) is 64.7. The van der Waals surface area contributed by atoms with Gasteiger partial charge >= 0.3 is 12.2 Å². The quantitative estimate of drug-likeness (QED) is 0.288. The van der Waals surface area contributed by atoms with E-state index in [9.17, 15) is 24.0 Å². The van der Waals surface area contributed by atoms with E-state index in [0.29, 0.717) is 47.0 Å². The zero-order valence-electron chi connectivity index (χ0n) is 24.6. The van der Waals surface area contributed by atoms with Gasteiger partial charge in [0.15, 0.2) is 5.60 Å². The fourth-order valence-electron chi connectivity index (χ4n) is 5.58. The number of amides is 5. The number of carbonyl (C=O) groups excluding carboxylic acids is 5. The number of halogens is 1. The van der Waals surface area contributed by atoms with E-state index in [-0.39, 0.29) is 30.3 Å². The third-order valence-electron chi connectivity index (χ3n) is 7.66. The normalized spacial score (nSPS) is 17.7. The summed E-state index contributed by atoms with van der Waals surface area (Å²) in [7, 11) is 1.24. The molecule has 0 bridgehead atoms. The van der Waals surface area contributed by atoms with Gasteiger partial charge in [-0.05, 0) is 73.0 Å². The van der Waals surface area contributed by atoms with Crippen molar-refractivity contribution in [3.8, 4) is 0 Å². The van der Waals surface area contributed by atoms with Crippen LogP contribution in [0.4, 0.5) is 26.7 Å². The molecule has 0 radical (unpaired) electrons. The molecule has 0 aromatic heterocycles. The summed E-state index contributed by atoms with van der Waals surface area (Å²) in [5.74, 6) is -1.06. The van der Waals surface area contributed by atoms with Gasteiger partial charge in [-0.3, -0.25) is 25.0 Å². The Labute approximate surface area is 264 Å². The highest BCUT2D eigenvalue weighted by Crippen LogP contribution is 2.43. The smallest absolute Gasteiger partial charge is 0.412 e. The number of likely N-dealkylation sites (tertiary alicyclic amines) is 1. The SMILES string of the molecule is COC(=O)Nc1ccc(C(=O)N[C@@H](Cc2ccc(NC(C)=O)cc2)C(=O)N2CCC[C@@]3(C2)OC(=O)Nc2ccc(Cl)cc23)cc1. The Kier molecular flexibility index (Phi) is 9.24. The Morgan fingerprint density at radius 3 is 2.40 bits per heavy atom. The number of fused-ring (bicyclic) bond motifs is 2. The average molecular weight is 634 g/mol. The molecule has 13 heteroatoms. The molecule has 0 aliphatic carbocycles. The summed E-state index contributed by atoms with van der Waals surface area (Å²) in [6.45, 7) is 1.88. The Hall–Kier alpha value is -5.10. The van der Waals surface area contributed by atoms with Crippen molar-refractivity contribution in [2.75, 3.05) is 36.1 Å². The van der Waals surface area contributed by atoms with Crippen molar-refractivity contribution in [1.29, 1.82) is 0 Å². The van der Waals surface area contributed by atoms with E-state index in [1.807, 2.05) is 0 Å². The van der Waals surface area contributed by atoms with Gasteiger partial charge in [-0.25, -0.2) is 9.59 Å². The first-order chi connectivity index (χ1) is 21.5. The molecule has 12 nitrogen and oxygen atoms in total. The summed E-state index contributed by atoms with van der Waals surface area (Å²) >= 11 is 6.31. The number of benzene rings is 3. The molecule has 0 saturated carbocycles.